The lowest BCUT2D eigenvalue weighted by Gasteiger charge is -2.09. The van der Waals surface area contributed by atoms with Crippen LogP contribution in [0, 0.1) is 18.3 Å². The van der Waals surface area contributed by atoms with Crippen LogP contribution in [0.4, 0.5) is 5.69 Å². The van der Waals surface area contributed by atoms with Crippen molar-refractivity contribution in [3.05, 3.63) is 58.6 Å². The fourth-order valence-corrected chi connectivity index (χ4v) is 2.41. The first-order valence-electron chi connectivity index (χ1n) is 8.51. The second-order valence-corrected chi connectivity index (χ2v) is 6.22. The van der Waals surface area contributed by atoms with Crippen molar-refractivity contribution in [2.24, 2.45) is 0 Å². The molecule has 7 nitrogen and oxygen atoms in total. The maximum Gasteiger partial charge on any atom is 0.331 e. The van der Waals surface area contributed by atoms with Gasteiger partial charge in [0.05, 0.1) is 7.11 Å². The number of benzene rings is 2. The Balaban J connectivity index is 1.88. The number of nitriles is 1. The standard InChI is InChI=1S/C21H19ClN2O5/c1-14-3-6-16(12-17(14)22)24-20(25)13-29-21(26)8-5-15-4-7-18(28-10-9-23)19(11-15)27-2/h3-8,11-12H,10,13H2,1-2H3,(H,24,25)/b8-5+. The molecule has 2 aromatic rings. The summed E-state index contributed by atoms with van der Waals surface area (Å²) < 4.78 is 15.3. The van der Waals surface area contributed by atoms with Crippen LogP contribution in [0.25, 0.3) is 6.08 Å². The number of aryl methyl sites for hydroxylation is 1. The average Bonchev–Trinajstić information content (AvgIpc) is 2.72. The van der Waals surface area contributed by atoms with E-state index in [0.29, 0.717) is 27.8 Å². The number of amides is 1. The third kappa shape index (κ3) is 6.87. The maximum atomic E-state index is 11.9. The first-order chi connectivity index (χ1) is 13.9. The van der Waals surface area contributed by atoms with Gasteiger partial charge >= 0.3 is 5.97 Å². The van der Waals surface area contributed by atoms with Gasteiger partial charge in [0.1, 0.15) is 6.07 Å². The summed E-state index contributed by atoms with van der Waals surface area (Å²) in [6, 6.07) is 11.9. The summed E-state index contributed by atoms with van der Waals surface area (Å²) in [5.41, 5.74) is 2.06. The van der Waals surface area contributed by atoms with Crippen LogP contribution >= 0.6 is 11.6 Å². The molecule has 0 bridgehead atoms. The predicted molar refractivity (Wildman–Crippen MR) is 109 cm³/mol. The molecular formula is C21H19ClN2O5. The minimum Gasteiger partial charge on any atom is -0.493 e. The molecule has 2 rings (SSSR count). The zero-order chi connectivity index (χ0) is 21.2. The molecule has 0 saturated carbocycles. The van der Waals surface area contributed by atoms with Gasteiger partial charge in [0.2, 0.25) is 0 Å². The van der Waals surface area contributed by atoms with Crippen LogP contribution in [0.2, 0.25) is 5.02 Å². The normalized spacial score (nSPS) is 10.3. The van der Waals surface area contributed by atoms with Crippen molar-refractivity contribution in [3.8, 4) is 17.6 Å². The molecule has 0 atom stereocenters. The minimum atomic E-state index is -0.675. The molecule has 2 aromatic carbocycles. The fourth-order valence-electron chi connectivity index (χ4n) is 2.23. The van der Waals surface area contributed by atoms with Crippen molar-refractivity contribution in [1.29, 1.82) is 5.26 Å². The number of carbonyl (C=O) groups excluding carboxylic acids is 2. The maximum absolute atomic E-state index is 11.9. The van der Waals surface area contributed by atoms with E-state index in [9.17, 15) is 9.59 Å². The second-order valence-electron chi connectivity index (χ2n) is 5.81. The smallest absolute Gasteiger partial charge is 0.331 e. The van der Waals surface area contributed by atoms with Crippen LogP contribution in [0.3, 0.4) is 0 Å². The third-order valence-corrected chi connectivity index (χ3v) is 4.10. The summed E-state index contributed by atoms with van der Waals surface area (Å²) in [5, 5.41) is 11.7. The van der Waals surface area contributed by atoms with Gasteiger partial charge in [-0.1, -0.05) is 23.7 Å². The van der Waals surface area contributed by atoms with E-state index in [-0.39, 0.29) is 6.61 Å². The molecule has 8 heteroatoms. The van der Waals surface area contributed by atoms with E-state index < -0.39 is 18.5 Å². The Hall–Kier alpha value is -3.50. The van der Waals surface area contributed by atoms with E-state index in [1.165, 1.54) is 19.3 Å². The van der Waals surface area contributed by atoms with Crippen molar-refractivity contribution in [1.82, 2.24) is 0 Å². The summed E-state index contributed by atoms with van der Waals surface area (Å²) in [5.74, 6) is -0.313. The largest absolute Gasteiger partial charge is 0.493 e. The molecule has 0 aliphatic rings. The van der Waals surface area contributed by atoms with Crippen LogP contribution in [-0.4, -0.2) is 32.2 Å². The molecule has 0 fully saturated rings. The van der Waals surface area contributed by atoms with E-state index in [2.05, 4.69) is 5.32 Å². The number of nitrogens with zero attached hydrogens (tertiary/aromatic N) is 1. The zero-order valence-electron chi connectivity index (χ0n) is 15.9. The Kier molecular flexibility index (Phi) is 8.07. The lowest BCUT2D eigenvalue weighted by molar-refractivity contribution is -0.142. The van der Waals surface area contributed by atoms with Crippen molar-refractivity contribution in [3.63, 3.8) is 0 Å². The fraction of sp³-hybridized carbons (Fsp3) is 0.190. The van der Waals surface area contributed by atoms with Gasteiger partial charge in [0, 0.05) is 16.8 Å². The highest BCUT2D eigenvalue weighted by molar-refractivity contribution is 6.31. The highest BCUT2D eigenvalue weighted by Crippen LogP contribution is 2.28. The number of nitrogens with one attached hydrogen (secondary N) is 1. The predicted octanol–water partition coefficient (Wildman–Crippen LogP) is 3.75. The highest BCUT2D eigenvalue weighted by Gasteiger charge is 2.08. The van der Waals surface area contributed by atoms with Crippen LogP contribution in [0.15, 0.2) is 42.5 Å². The van der Waals surface area contributed by atoms with Crippen molar-refractivity contribution < 1.29 is 23.8 Å². The first-order valence-corrected chi connectivity index (χ1v) is 8.89. The molecule has 0 radical (unpaired) electrons. The number of rotatable bonds is 8. The van der Waals surface area contributed by atoms with Gasteiger partial charge in [0.15, 0.2) is 24.7 Å². The van der Waals surface area contributed by atoms with E-state index in [1.807, 2.05) is 13.0 Å². The zero-order valence-corrected chi connectivity index (χ0v) is 16.7. The van der Waals surface area contributed by atoms with Gasteiger partial charge in [-0.15, -0.1) is 0 Å². The molecule has 29 heavy (non-hydrogen) atoms. The molecule has 1 amide bonds. The quantitative estimate of drug-likeness (QED) is 0.521. The Morgan fingerprint density at radius 2 is 2.00 bits per heavy atom. The summed E-state index contributed by atoms with van der Waals surface area (Å²) in [4.78, 5) is 23.7. The molecule has 0 spiro atoms. The van der Waals surface area contributed by atoms with Gasteiger partial charge in [0.25, 0.3) is 5.91 Å². The third-order valence-electron chi connectivity index (χ3n) is 3.69. The molecule has 0 aromatic heterocycles. The minimum absolute atomic E-state index is 0.102. The van der Waals surface area contributed by atoms with Crippen LogP contribution in [-0.2, 0) is 14.3 Å². The van der Waals surface area contributed by atoms with Gasteiger partial charge in [-0.2, -0.15) is 5.26 Å². The molecule has 0 unspecified atom stereocenters. The number of methoxy groups -OCH3 is 1. The lowest BCUT2D eigenvalue weighted by atomic mass is 10.2. The van der Waals surface area contributed by atoms with Gasteiger partial charge in [-0.3, -0.25) is 4.79 Å². The monoisotopic (exact) mass is 414 g/mol. The van der Waals surface area contributed by atoms with Gasteiger partial charge in [-0.25, -0.2) is 4.79 Å². The van der Waals surface area contributed by atoms with Crippen LogP contribution in [0.1, 0.15) is 11.1 Å². The number of ether oxygens (including phenoxy) is 3. The average molecular weight is 415 g/mol. The number of esters is 1. The van der Waals surface area contributed by atoms with Gasteiger partial charge in [-0.05, 0) is 48.4 Å². The Morgan fingerprint density at radius 1 is 1.21 bits per heavy atom. The van der Waals surface area contributed by atoms with E-state index in [1.54, 1.807) is 36.4 Å². The summed E-state index contributed by atoms with van der Waals surface area (Å²) in [7, 11) is 1.47. The molecule has 1 N–H and O–H groups in total. The number of carbonyl (C=O) groups is 2. The number of hydrogen-bond donors (Lipinski definition) is 1. The first kappa shape index (κ1) is 21.8. The number of anilines is 1. The topological polar surface area (TPSA) is 97.7 Å². The van der Waals surface area contributed by atoms with Crippen LogP contribution in [0.5, 0.6) is 11.5 Å². The number of hydrogen-bond acceptors (Lipinski definition) is 6. The van der Waals surface area contributed by atoms with Crippen molar-refractivity contribution >= 4 is 35.2 Å². The molecule has 150 valence electrons. The van der Waals surface area contributed by atoms with E-state index in [4.69, 9.17) is 31.1 Å². The molecule has 0 saturated heterocycles. The van der Waals surface area contributed by atoms with E-state index in [0.717, 1.165) is 5.56 Å². The Bertz CT molecular complexity index is 966. The van der Waals surface area contributed by atoms with Gasteiger partial charge < -0.3 is 19.5 Å². The SMILES string of the molecule is COc1cc(/C=C/C(=O)OCC(=O)Nc2ccc(C)c(Cl)c2)ccc1OCC#N. The highest BCUT2D eigenvalue weighted by atomic mass is 35.5. The Labute approximate surface area is 173 Å². The molecule has 0 aliphatic carbocycles. The summed E-state index contributed by atoms with van der Waals surface area (Å²) >= 11 is 6.00. The Morgan fingerprint density at radius 3 is 2.69 bits per heavy atom. The summed E-state index contributed by atoms with van der Waals surface area (Å²) in [6.45, 7) is 1.32. The number of halogens is 1. The van der Waals surface area contributed by atoms with Crippen molar-refractivity contribution in [2.45, 2.75) is 6.92 Å². The molecule has 0 aliphatic heterocycles. The van der Waals surface area contributed by atoms with E-state index >= 15 is 0 Å². The second kappa shape index (κ2) is 10.7. The van der Waals surface area contributed by atoms with Crippen LogP contribution < -0.4 is 14.8 Å². The lowest BCUT2D eigenvalue weighted by Crippen LogP contribution is -2.20. The summed E-state index contributed by atoms with van der Waals surface area (Å²) in [6.07, 6.45) is 2.71. The van der Waals surface area contributed by atoms with Crippen molar-refractivity contribution in [2.75, 3.05) is 25.6 Å². The molecule has 0 heterocycles. The molecular weight excluding hydrogens is 396 g/mol.